The van der Waals surface area contributed by atoms with Crippen LogP contribution in [0.3, 0.4) is 0 Å². The summed E-state index contributed by atoms with van der Waals surface area (Å²) in [5.41, 5.74) is 3.59. The monoisotopic (exact) mass is 266 g/mol. The fraction of sp³-hybridized carbons (Fsp3) is 0.235. The molecule has 0 saturated heterocycles. The Hall–Kier alpha value is -2.31. The maximum absolute atomic E-state index is 8.57. The van der Waals surface area contributed by atoms with Crippen LogP contribution in [-0.2, 0) is 13.1 Å². The Bertz CT molecular complexity index is 585. The van der Waals surface area contributed by atoms with Crippen LogP contribution in [0.1, 0.15) is 16.7 Å². The van der Waals surface area contributed by atoms with E-state index in [2.05, 4.69) is 36.5 Å². The highest BCUT2D eigenvalue weighted by Crippen LogP contribution is 2.17. The molecule has 0 aliphatic rings. The third-order valence-electron chi connectivity index (χ3n) is 3.03. The van der Waals surface area contributed by atoms with Gasteiger partial charge in [0, 0.05) is 18.7 Å². The predicted molar refractivity (Wildman–Crippen MR) is 79.3 cm³/mol. The molecule has 102 valence electrons. The number of rotatable bonds is 6. The number of nitrogens with zero attached hydrogens (tertiary/aromatic N) is 1. The van der Waals surface area contributed by atoms with Crippen LogP contribution in [0, 0.1) is 18.3 Å². The van der Waals surface area contributed by atoms with Crippen LogP contribution < -0.4 is 10.1 Å². The number of hydrogen-bond acceptors (Lipinski definition) is 3. The molecule has 0 amide bonds. The summed E-state index contributed by atoms with van der Waals surface area (Å²) >= 11 is 0. The van der Waals surface area contributed by atoms with Gasteiger partial charge in [0.15, 0.2) is 6.61 Å². The maximum Gasteiger partial charge on any atom is 0.174 e. The first-order valence-corrected chi connectivity index (χ1v) is 6.63. The van der Waals surface area contributed by atoms with E-state index in [-0.39, 0.29) is 6.61 Å². The highest BCUT2D eigenvalue weighted by molar-refractivity contribution is 5.33. The topological polar surface area (TPSA) is 45.0 Å². The summed E-state index contributed by atoms with van der Waals surface area (Å²) in [4.78, 5) is 0. The van der Waals surface area contributed by atoms with Gasteiger partial charge in [-0.2, -0.15) is 5.26 Å². The van der Waals surface area contributed by atoms with Crippen molar-refractivity contribution in [3.63, 3.8) is 0 Å². The van der Waals surface area contributed by atoms with Crippen LogP contribution in [0.4, 0.5) is 0 Å². The van der Waals surface area contributed by atoms with Crippen molar-refractivity contribution < 1.29 is 4.74 Å². The van der Waals surface area contributed by atoms with Crippen LogP contribution in [-0.4, -0.2) is 6.61 Å². The van der Waals surface area contributed by atoms with Gasteiger partial charge in [-0.3, -0.25) is 0 Å². The highest BCUT2D eigenvalue weighted by atomic mass is 16.5. The fourth-order valence-corrected chi connectivity index (χ4v) is 1.95. The number of nitriles is 1. The Morgan fingerprint density at radius 1 is 1.05 bits per heavy atom. The SMILES string of the molecule is Cc1ccc(CNCc2ccccc2OCC#N)cc1. The Labute approximate surface area is 119 Å². The van der Waals surface area contributed by atoms with Crippen molar-refractivity contribution in [2.45, 2.75) is 20.0 Å². The first kappa shape index (κ1) is 14.1. The van der Waals surface area contributed by atoms with Crippen molar-refractivity contribution in [1.82, 2.24) is 5.32 Å². The zero-order valence-electron chi connectivity index (χ0n) is 11.6. The summed E-state index contributed by atoms with van der Waals surface area (Å²) in [6.07, 6.45) is 0. The molecule has 0 aromatic heterocycles. The van der Waals surface area contributed by atoms with Crippen molar-refractivity contribution >= 4 is 0 Å². The summed E-state index contributed by atoms with van der Waals surface area (Å²) in [7, 11) is 0. The van der Waals surface area contributed by atoms with E-state index in [9.17, 15) is 0 Å². The summed E-state index contributed by atoms with van der Waals surface area (Å²) in [6.45, 7) is 3.69. The maximum atomic E-state index is 8.57. The first-order chi connectivity index (χ1) is 9.79. The van der Waals surface area contributed by atoms with Crippen molar-refractivity contribution in [2.75, 3.05) is 6.61 Å². The molecular weight excluding hydrogens is 248 g/mol. The lowest BCUT2D eigenvalue weighted by molar-refractivity contribution is 0.362. The molecule has 2 rings (SSSR count). The van der Waals surface area contributed by atoms with E-state index in [0.717, 1.165) is 24.4 Å². The zero-order chi connectivity index (χ0) is 14.2. The van der Waals surface area contributed by atoms with E-state index in [1.807, 2.05) is 30.3 Å². The fourth-order valence-electron chi connectivity index (χ4n) is 1.95. The lowest BCUT2D eigenvalue weighted by atomic mass is 10.1. The van der Waals surface area contributed by atoms with E-state index in [1.165, 1.54) is 11.1 Å². The van der Waals surface area contributed by atoms with Crippen LogP contribution in [0.5, 0.6) is 5.75 Å². The third kappa shape index (κ3) is 4.11. The molecule has 2 aromatic carbocycles. The van der Waals surface area contributed by atoms with Crippen molar-refractivity contribution in [2.24, 2.45) is 0 Å². The quantitative estimate of drug-likeness (QED) is 0.873. The predicted octanol–water partition coefficient (Wildman–Crippen LogP) is 3.19. The lowest BCUT2D eigenvalue weighted by Gasteiger charge is -2.10. The van der Waals surface area contributed by atoms with Crippen molar-refractivity contribution in [3.05, 3.63) is 65.2 Å². The van der Waals surface area contributed by atoms with Gasteiger partial charge in [0.2, 0.25) is 0 Å². The second-order valence-electron chi connectivity index (χ2n) is 4.64. The molecule has 0 unspecified atom stereocenters. The molecule has 0 radical (unpaired) electrons. The Morgan fingerprint density at radius 2 is 1.80 bits per heavy atom. The minimum absolute atomic E-state index is 0.0783. The molecule has 20 heavy (non-hydrogen) atoms. The molecule has 1 N–H and O–H groups in total. The summed E-state index contributed by atoms with van der Waals surface area (Å²) in [5, 5.41) is 12.0. The first-order valence-electron chi connectivity index (χ1n) is 6.63. The average Bonchev–Trinajstić information content (AvgIpc) is 2.48. The van der Waals surface area contributed by atoms with E-state index >= 15 is 0 Å². The van der Waals surface area contributed by atoms with Crippen molar-refractivity contribution in [3.8, 4) is 11.8 Å². The number of benzene rings is 2. The Balaban J connectivity index is 1.90. The van der Waals surface area contributed by atoms with E-state index in [0.29, 0.717) is 0 Å². The number of hydrogen-bond donors (Lipinski definition) is 1. The number of aryl methyl sites for hydroxylation is 1. The molecule has 0 bridgehead atoms. The molecule has 0 heterocycles. The number of ether oxygens (including phenoxy) is 1. The van der Waals surface area contributed by atoms with Crippen LogP contribution in [0.15, 0.2) is 48.5 Å². The molecule has 2 aromatic rings. The minimum Gasteiger partial charge on any atom is -0.478 e. The molecule has 0 spiro atoms. The van der Waals surface area contributed by atoms with Gasteiger partial charge in [-0.15, -0.1) is 0 Å². The molecule has 3 nitrogen and oxygen atoms in total. The lowest BCUT2D eigenvalue weighted by Crippen LogP contribution is -2.13. The van der Waals surface area contributed by atoms with Gasteiger partial charge in [-0.25, -0.2) is 0 Å². The van der Waals surface area contributed by atoms with Gasteiger partial charge in [0.25, 0.3) is 0 Å². The van der Waals surface area contributed by atoms with Gasteiger partial charge in [0.05, 0.1) is 0 Å². The summed E-state index contributed by atoms with van der Waals surface area (Å²) < 4.78 is 5.40. The standard InChI is InChI=1S/C17H18N2O/c1-14-6-8-15(9-7-14)12-19-13-16-4-2-3-5-17(16)20-11-10-18/h2-9,19H,11-13H2,1H3. The van der Waals surface area contributed by atoms with Gasteiger partial charge >= 0.3 is 0 Å². The van der Waals surface area contributed by atoms with Crippen LogP contribution >= 0.6 is 0 Å². The minimum atomic E-state index is 0.0783. The normalized spacial score (nSPS) is 10.0. The average molecular weight is 266 g/mol. The van der Waals surface area contributed by atoms with E-state index < -0.39 is 0 Å². The second kappa shape index (κ2) is 7.32. The molecule has 3 heteroatoms. The van der Waals surface area contributed by atoms with Crippen LogP contribution in [0.2, 0.25) is 0 Å². The number of nitrogens with one attached hydrogen (secondary N) is 1. The molecular formula is C17H18N2O. The number of para-hydroxylation sites is 1. The van der Waals surface area contributed by atoms with Gasteiger partial charge in [0.1, 0.15) is 11.8 Å². The third-order valence-corrected chi connectivity index (χ3v) is 3.03. The molecule has 0 aliphatic heterocycles. The molecule has 0 fully saturated rings. The molecule has 0 atom stereocenters. The Morgan fingerprint density at radius 3 is 2.55 bits per heavy atom. The van der Waals surface area contributed by atoms with E-state index in [1.54, 1.807) is 0 Å². The molecule has 0 saturated carbocycles. The van der Waals surface area contributed by atoms with Gasteiger partial charge in [-0.1, -0.05) is 48.0 Å². The highest BCUT2D eigenvalue weighted by Gasteiger charge is 2.02. The second-order valence-corrected chi connectivity index (χ2v) is 4.64. The van der Waals surface area contributed by atoms with Gasteiger partial charge in [-0.05, 0) is 18.6 Å². The van der Waals surface area contributed by atoms with Gasteiger partial charge < -0.3 is 10.1 Å². The van der Waals surface area contributed by atoms with E-state index in [4.69, 9.17) is 10.00 Å². The Kier molecular flexibility index (Phi) is 5.16. The largest absolute Gasteiger partial charge is 0.478 e. The smallest absolute Gasteiger partial charge is 0.174 e. The van der Waals surface area contributed by atoms with Crippen LogP contribution in [0.25, 0.3) is 0 Å². The molecule has 0 aliphatic carbocycles. The summed E-state index contributed by atoms with van der Waals surface area (Å²) in [5.74, 6) is 0.769. The zero-order valence-corrected chi connectivity index (χ0v) is 11.6. The van der Waals surface area contributed by atoms with Crippen molar-refractivity contribution in [1.29, 1.82) is 5.26 Å². The summed E-state index contributed by atoms with van der Waals surface area (Å²) in [6, 6.07) is 18.2.